The van der Waals surface area contributed by atoms with Gasteiger partial charge in [0.2, 0.25) is 11.8 Å². The molecule has 126 valence electrons. The van der Waals surface area contributed by atoms with Gasteiger partial charge in [-0.25, -0.2) is 4.39 Å². The highest BCUT2D eigenvalue weighted by molar-refractivity contribution is 8.00. The third-order valence-electron chi connectivity index (χ3n) is 3.14. The number of thioether (sulfide) groups is 1. The third kappa shape index (κ3) is 5.54. The Labute approximate surface area is 148 Å². The second kappa shape index (κ2) is 8.70. The zero-order chi connectivity index (χ0) is 17.5. The number of anilines is 2. The highest BCUT2D eigenvalue weighted by Gasteiger charge is 2.09. The molecule has 24 heavy (non-hydrogen) atoms. The van der Waals surface area contributed by atoms with Crippen molar-refractivity contribution in [3.63, 3.8) is 0 Å². The van der Waals surface area contributed by atoms with E-state index in [0.717, 1.165) is 5.56 Å². The summed E-state index contributed by atoms with van der Waals surface area (Å²) in [5.41, 5.74) is 1.97. The van der Waals surface area contributed by atoms with Gasteiger partial charge in [-0.1, -0.05) is 17.7 Å². The summed E-state index contributed by atoms with van der Waals surface area (Å²) in [6, 6.07) is 10.8. The van der Waals surface area contributed by atoms with Crippen LogP contribution in [0.2, 0.25) is 5.02 Å². The largest absolute Gasteiger partial charge is 0.325 e. The molecule has 0 aliphatic heterocycles. The maximum atomic E-state index is 12.8. The molecule has 0 aliphatic rings. The molecule has 2 rings (SSSR count). The normalized spacial score (nSPS) is 10.3. The Balaban J connectivity index is 1.75. The van der Waals surface area contributed by atoms with Gasteiger partial charge in [0.25, 0.3) is 0 Å². The monoisotopic (exact) mass is 366 g/mol. The van der Waals surface area contributed by atoms with Crippen molar-refractivity contribution in [2.24, 2.45) is 0 Å². The SMILES string of the molecule is Cc1c(Cl)cccc1NC(=O)CSCC(=O)Nc1ccc(F)cc1. The molecule has 0 radical (unpaired) electrons. The number of carbonyl (C=O) groups excluding carboxylic acids is 2. The van der Waals surface area contributed by atoms with Crippen molar-refractivity contribution < 1.29 is 14.0 Å². The van der Waals surface area contributed by atoms with E-state index in [-0.39, 0.29) is 29.1 Å². The van der Waals surface area contributed by atoms with E-state index in [4.69, 9.17) is 11.6 Å². The number of amides is 2. The van der Waals surface area contributed by atoms with Gasteiger partial charge < -0.3 is 10.6 Å². The van der Waals surface area contributed by atoms with Crippen LogP contribution in [-0.2, 0) is 9.59 Å². The van der Waals surface area contributed by atoms with Crippen molar-refractivity contribution in [3.05, 3.63) is 58.9 Å². The fraction of sp³-hybridized carbons (Fsp3) is 0.176. The lowest BCUT2D eigenvalue weighted by Crippen LogP contribution is -2.18. The molecule has 4 nitrogen and oxygen atoms in total. The minimum atomic E-state index is -0.365. The first kappa shape index (κ1) is 18.3. The molecule has 0 saturated heterocycles. The number of rotatable bonds is 6. The number of halogens is 2. The van der Waals surface area contributed by atoms with E-state index in [1.54, 1.807) is 18.2 Å². The summed E-state index contributed by atoms with van der Waals surface area (Å²) in [6.07, 6.45) is 0. The van der Waals surface area contributed by atoms with Crippen LogP contribution in [-0.4, -0.2) is 23.3 Å². The Hall–Kier alpha value is -2.05. The number of hydrogen-bond acceptors (Lipinski definition) is 3. The molecular formula is C17H16ClFN2O2S. The second-order valence-corrected chi connectivity index (χ2v) is 6.40. The highest BCUT2D eigenvalue weighted by atomic mass is 35.5. The van der Waals surface area contributed by atoms with Crippen LogP contribution in [0.5, 0.6) is 0 Å². The summed E-state index contributed by atoms with van der Waals surface area (Å²) < 4.78 is 12.8. The van der Waals surface area contributed by atoms with Gasteiger partial charge in [-0.15, -0.1) is 11.8 Å². The van der Waals surface area contributed by atoms with Gasteiger partial charge in [-0.05, 0) is 48.9 Å². The zero-order valence-corrected chi connectivity index (χ0v) is 14.5. The van der Waals surface area contributed by atoms with Crippen molar-refractivity contribution in [3.8, 4) is 0 Å². The molecule has 2 aromatic rings. The lowest BCUT2D eigenvalue weighted by atomic mass is 10.2. The molecule has 0 unspecified atom stereocenters. The molecule has 2 N–H and O–H groups in total. The highest BCUT2D eigenvalue weighted by Crippen LogP contribution is 2.23. The molecular weight excluding hydrogens is 351 g/mol. The first-order valence-electron chi connectivity index (χ1n) is 7.14. The van der Waals surface area contributed by atoms with Crippen LogP contribution in [0.3, 0.4) is 0 Å². The molecule has 0 fully saturated rings. The first-order chi connectivity index (χ1) is 11.5. The van der Waals surface area contributed by atoms with E-state index in [0.29, 0.717) is 16.4 Å². The summed E-state index contributed by atoms with van der Waals surface area (Å²) in [7, 11) is 0. The minimum absolute atomic E-state index is 0.124. The van der Waals surface area contributed by atoms with Gasteiger partial charge in [0.15, 0.2) is 0 Å². The van der Waals surface area contributed by atoms with Gasteiger partial charge in [0.05, 0.1) is 11.5 Å². The van der Waals surface area contributed by atoms with Crippen molar-refractivity contribution >= 4 is 46.6 Å². The molecule has 0 spiro atoms. The molecule has 0 aromatic heterocycles. The second-order valence-electron chi connectivity index (χ2n) is 5.01. The Morgan fingerprint density at radius 3 is 2.33 bits per heavy atom. The topological polar surface area (TPSA) is 58.2 Å². The quantitative estimate of drug-likeness (QED) is 0.809. The zero-order valence-electron chi connectivity index (χ0n) is 12.9. The number of nitrogens with one attached hydrogen (secondary N) is 2. The molecule has 0 atom stereocenters. The molecule has 7 heteroatoms. The summed E-state index contributed by atoms with van der Waals surface area (Å²) >= 11 is 7.19. The van der Waals surface area contributed by atoms with E-state index in [9.17, 15) is 14.0 Å². The predicted octanol–water partition coefficient (Wildman–Crippen LogP) is 4.10. The van der Waals surface area contributed by atoms with E-state index < -0.39 is 0 Å². The molecule has 0 bridgehead atoms. The fourth-order valence-electron chi connectivity index (χ4n) is 1.90. The average Bonchev–Trinajstić information content (AvgIpc) is 2.54. The summed E-state index contributed by atoms with van der Waals surface area (Å²) in [5, 5.41) is 5.98. The van der Waals surface area contributed by atoms with Crippen molar-refractivity contribution in [1.82, 2.24) is 0 Å². The van der Waals surface area contributed by atoms with Gasteiger partial charge in [0, 0.05) is 16.4 Å². The lowest BCUT2D eigenvalue weighted by molar-refractivity contribution is -0.114. The van der Waals surface area contributed by atoms with Crippen LogP contribution < -0.4 is 10.6 Å². The standard InChI is InChI=1S/C17H16ClFN2O2S/c1-11-14(18)3-2-4-15(11)21-17(23)10-24-9-16(22)20-13-7-5-12(19)6-8-13/h2-8H,9-10H2,1H3,(H,20,22)(H,21,23). The molecule has 0 saturated carbocycles. The Morgan fingerprint density at radius 2 is 1.67 bits per heavy atom. The molecule has 0 heterocycles. The van der Waals surface area contributed by atoms with Crippen LogP contribution in [0.25, 0.3) is 0 Å². The average molecular weight is 367 g/mol. The molecule has 2 aromatic carbocycles. The maximum Gasteiger partial charge on any atom is 0.234 e. The minimum Gasteiger partial charge on any atom is -0.325 e. The van der Waals surface area contributed by atoms with Crippen LogP contribution in [0.15, 0.2) is 42.5 Å². The van der Waals surface area contributed by atoms with E-state index >= 15 is 0 Å². The van der Waals surface area contributed by atoms with Crippen molar-refractivity contribution in [1.29, 1.82) is 0 Å². The summed E-state index contributed by atoms with van der Waals surface area (Å²) in [6.45, 7) is 1.82. The Bertz CT molecular complexity index is 738. The van der Waals surface area contributed by atoms with E-state index in [2.05, 4.69) is 10.6 Å². The van der Waals surface area contributed by atoms with Gasteiger partial charge in [-0.2, -0.15) is 0 Å². The summed E-state index contributed by atoms with van der Waals surface area (Å²) in [5.74, 6) is -0.559. The van der Waals surface area contributed by atoms with Gasteiger partial charge in [0.1, 0.15) is 5.82 Å². The first-order valence-corrected chi connectivity index (χ1v) is 8.67. The van der Waals surface area contributed by atoms with Gasteiger partial charge >= 0.3 is 0 Å². The Morgan fingerprint density at radius 1 is 1.04 bits per heavy atom. The van der Waals surface area contributed by atoms with Crippen LogP contribution in [0.1, 0.15) is 5.56 Å². The maximum absolute atomic E-state index is 12.8. The van der Waals surface area contributed by atoms with Crippen LogP contribution in [0.4, 0.5) is 15.8 Å². The van der Waals surface area contributed by atoms with Gasteiger partial charge in [-0.3, -0.25) is 9.59 Å². The van der Waals surface area contributed by atoms with Crippen LogP contribution in [0, 0.1) is 12.7 Å². The van der Waals surface area contributed by atoms with Crippen molar-refractivity contribution in [2.75, 3.05) is 22.1 Å². The third-order valence-corrected chi connectivity index (χ3v) is 4.48. The van der Waals surface area contributed by atoms with Crippen LogP contribution >= 0.6 is 23.4 Å². The smallest absolute Gasteiger partial charge is 0.234 e. The predicted molar refractivity (Wildman–Crippen MR) is 97.2 cm³/mol. The fourth-order valence-corrected chi connectivity index (χ4v) is 2.69. The van der Waals surface area contributed by atoms with E-state index in [1.807, 2.05) is 6.92 Å². The molecule has 2 amide bonds. The number of carbonyl (C=O) groups is 2. The summed E-state index contributed by atoms with van der Waals surface area (Å²) in [4.78, 5) is 23.7. The Kier molecular flexibility index (Phi) is 6.63. The molecule has 0 aliphatic carbocycles. The number of hydrogen-bond donors (Lipinski definition) is 2. The lowest BCUT2D eigenvalue weighted by Gasteiger charge is -2.09. The van der Waals surface area contributed by atoms with Crippen molar-refractivity contribution in [2.45, 2.75) is 6.92 Å². The van der Waals surface area contributed by atoms with E-state index in [1.165, 1.54) is 36.0 Å². The number of benzene rings is 2.